The van der Waals surface area contributed by atoms with Gasteiger partial charge in [0, 0.05) is 13.6 Å². The number of hydrogen-bond acceptors (Lipinski definition) is 3. The minimum Gasteiger partial charge on any atom is -0.479 e. The maximum absolute atomic E-state index is 12.4. The lowest BCUT2D eigenvalue weighted by Crippen LogP contribution is -2.53. The molecule has 98 valence electrons. The predicted octanol–water partition coefficient (Wildman–Crippen LogP) is 0.889. The molecule has 1 amide bonds. The fourth-order valence-electron chi connectivity index (χ4n) is 2.62. The Kier molecular flexibility index (Phi) is 3.11. The fraction of sp³-hybridized carbons (Fsp3) is 0.583. The van der Waals surface area contributed by atoms with Gasteiger partial charge in [-0.2, -0.15) is 0 Å². The molecule has 2 rings (SSSR count). The third-order valence-corrected chi connectivity index (χ3v) is 3.75. The molecule has 6 heteroatoms. The second kappa shape index (κ2) is 4.44. The standard InChI is InChI=1S/C12H17N3O3/c1-3-12(11(17)18)5-4-6-15(12)10(16)9-7-13-8-14(9)2/h7-8H,3-6H2,1-2H3,(H,17,18). The van der Waals surface area contributed by atoms with Crippen LogP contribution in [-0.4, -0.2) is 43.5 Å². The molecule has 1 fully saturated rings. The molecule has 0 aromatic carbocycles. The summed E-state index contributed by atoms with van der Waals surface area (Å²) in [6.07, 6.45) is 4.68. The van der Waals surface area contributed by atoms with Crippen molar-refractivity contribution in [2.75, 3.05) is 6.54 Å². The average molecular weight is 251 g/mol. The number of carbonyl (C=O) groups excluding carboxylic acids is 1. The van der Waals surface area contributed by atoms with Crippen LogP contribution in [0.3, 0.4) is 0 Å². The van der Waals surface area contributed by atoms with Gasteiger partial charge in [0.2, 0.25) is 0 Å². The van der Waals surface area contributed by atoms with Gasteiger partial charge < -0.3 is 14.6 Å². The van der Waals surface area contributed by atoms with Crippen molar-refractivity contribution in [2.24, 2.45) is 7.05 Å². The summed E-state index contributed by atoms with van der Waals surface area (Å²) in [7, 11) is 1.73. The highest BCUT2D eigenvalue weighted by atomic mass is 16.4. The molecule has 0 aliphatic carbocycles. The highest BCUT2D eigenvalue weighted by Crippen LogP contribution is 2.33. The Morgan fingerprint density at radius 2 is 2.28 bits per heavy atom. The first-order chi connectivity index (χ1) is 8.53. The highest BCUT2D eigenvalue weighted by Gasteiger charge is 2.49. The average Bonchev–Trinajstić information content (AvgIpc) is 2.94. The summed E-state index contributed by atoms with van der Waals surface area (Å²) >= 11 is 0. The third-order valence-electron chi connectivity index (χ3n) is 3.75. The zero-order valence-corrected chi connectivity index (χ0v) is 10.6. The van der Waals surface area contributed by atoms with Gasteiger partial charge in [0.25, 0.3) is 5.91 Å². The topological polar surface area (TPSA) is 75.4 Å². The Morgan fingerprint density at radius 3 is 2.78 bits per heavy atom. The maximum Gasteiger partial charge on any atom is 0.329 e. The van der Waals surface area contributed by atoms with Crippen LogP contribution < -0.4 is 0 Å². The van der Waals surface area contributed by atoms with E-state index >= 15 is 0 Å². The van der Waals surface area contributed by atoms with Crippen molar-refractivity contribution in [1.82, 2.24) is 14.5 Å². The molecule has 0 bridgehead atoms. The van der Waals surface area contributed by atoms with Crippen LogP contribution in [0.2, 0.25) is 0 Å². The van der Waals surface area contributed by atoms with Gasteiger partial charge in [-0.3, -0.25) is 4.79 Å². The Bertz CT molecular complexity index is 483. The first kappa shape index (κ1) is 12.6. The van der Waals surface area contributed by atoms with E-state index in [9.17, 15) is 14.7 Å². The van der Waals surface area contributed by atoms with Gasteiger partial charge in [0.15, 0.2) is 0 Å². The number of aryl methyl sites for hydroxylation is 1. The van der Waals surface area contributed by atoms with Gasteiger partial charge in [-0.1, -0.05) is 6.92 Å². The first-order valence-electron chi connectivity index (χ1n) is 6.04. The molecule has 1 aliphatic rings. The van der Waals surface area contributed by atoms with Gasteiger partial charge in [0.1, 0.15) is 11.2 Å². The molecule has 1 aromatic heterocycles. The summed E-state index contributed by atoms with van der Waals surface area (Å²) in [5.74, 6) is -1.17. The van der Waals surface area contributed by atoms with Gasteiger partial charge in [-0.15, -0.1) is 0 Å². The lowest BCUT2D eigenvalue weighted by Gasteiger charge is -2.33. The number of nitrogens with zero attached hydrogens (tertiary/aromatic N) is 3. The van der Waals surface area contributed by atoms with E-state index in [0.29, 0.717) is 25.1 Å². The van der Waals surface area contributed by atoms with Crippen LogP contribution in [0, 0.1) is 0 Å². The molecular formula is C12H17N3O3. The van der Waals surface area contributed by atoms with Crippen molar-refractivity contribution in [2.45, 2.75) is 31.7 Å². The van der Waals surface area contributed by atoms with Gasteiger partial charge in [-0.25, -0.2) is 9.78 Å². The molecule has 0 radical (unpaired) electrons. The summed E-state index contributed by atoms with van der Waals surface area (Å²) in [6, 6.07) is 0. The van der Waals surface area contributed by atoms with Crippen LogP contribution in [0.15, 0.2) is 12.5 Å². The van der Waals surface area contributed by atoms with Crippen molar-refractivity contribution in [3.05, 3.63) is 18.2 Å². The second-order valence-electron chi connectivity index (χ2n) is 4.64. The van der Waals surface area contributed by atoms with E-state index in [1.165, 1.54) is 17.4 Å². The Hall–Kier alpha value is -1.85. The fourth-order valence-corrected chi connectivity index (χ4v) is 2.62. The van der Waals surface area contributed by atoms with Crippen molar-refractivity contribution in [1.29, 1.82) is 0 Å². The Balaban J connectivity index is 2.35. The highest BCUT2D eigenvalue weighted by molar-refractivity contribution is 5.97. The van der Waals surface area contributed by atoms with Gasteiger partial charge in [-0.05, 0) is 19.3 Å². The first-order valence-corrected chi connectivity index (χ1v) is 6.04. The minimum absolute atomic E-state index is 0.253. The molecule has 2 heterocycles. The lowest BCUT2D eigenvalue weighted by atomic mass is 9.93. The third kappa shape index (κ3) is 1.68. The van der Waals surface area contributed by atoms with Crippen molar-refractivity contribution >= 4 is 11.9 Å². The zero-order valence-electron chi connectivity index (χ0n) is 10.6. The number of imidazole rings is 1. The normalized spacial score (nSPS) is 23.3. The molecule has 1 aliphatic heterocycles. The van der Waals surface area contributed by atoms with Crippen LogP contribution in [0.4, 0.5) is 0 Å². The molecule has 1 aromatic rings. The van der Waals surface area contributed by atoms with Crippen LogP contribution >= 0.6 is 0 Å². The molecule has 18 heavy (non-hydrogen) atoms. The van der Waals surface area contributed by atoms with Gasteiger partial charge in [0.05, 0.1) is 12.5 Å². The largest absolute Gasteiger partial charge is 0.479 e. The van der Waals surface area contributed by atoms with Crippen molar-refractivity contribution in [3.63, 3.8) is 0 Å². The molecule has 0 saturated carbocycles. The minimum atomic E-state index is -1.05. The van der Waals surface area contributed by atoms with E-state index in [4.69, 9.17) is 0 Å². The van der Waals surface area contributed by atoms with Crippen molar-refractivity contribution in [3.8, 4) is 0 Å². The molecule has 1 N–H and O–H groups in total. The molecule has 6 nitrogen and oxygen atoms in total. The summed E-state index contributed by atoms with van der Waals surface area (Å²) in [4.78, 5) is 29.3. The van der Waals surface area contributed by atoms with E-state index < -0.39 is 11.5 Å². The quantitative estimate of drug-likeness (QED) is 0.865. The number of hydrogen-bond donors (Lipinski definition) is 1. The van der Waals surface area contributed by atoms with E-state index in [1.807, 2.05) is 6.92 Å². The molecule has 1 saturated heterocycles. The smallest absolute Gasteiger partial charge is 0.329 e. The van der Waals surface area contributed by atoms with E-state index in [0.717, 1.165) is 6.42 Å². The number of carboxylic acid groups (broad SMARTS) is 1. The van der Waals surface area contributed by atoms with Crippen LogP contribution in [0.5, 0.6) is 0 Å². The predicted molar refractivity (Wildman–Crippen MR) is 64.1 cm³/mol. The monoisotopic (exact) mass is 251 g/mol. The number of carboxylic acids is 1. The maximum atomic E-state index is 12.4. The number of rotatable bonds is 3. The molecule has 0 spiro atoms. The lowest BCUT2D eigenvalue weighted by molar-refractivity contribution is -0.148. The summed E-state index contributed by atoms with van der Waals surface area (Å²) < 4.78 is 1.61. The number of carbonyl (C=O) groups is 2. The van der Waals surface area contributed by atoms with E-state index in [2.05, 4.69) is 4.98 Å². The Morgan fingerprint density at radius 1 is 1.56 bits per heavy atom. The zero-order chi connectivity index (χ0) is 13.3. The molecule has 1 unspecified atom stereocenters. The van der Waals surface area contributed by atoms with Crippen LogP contribution in [0.1, 0.15) is 36.7 Å². The van der Waals surface area contributed by atoms with Crippen LogP contribution in [-0.2, 0) is 11.8 Å². The second-order valence-corrected chi connectivity index (χ2v) is 4.64. The number of aliphatic carboxylic acids is 1. The van der Waals surface area contributed by atoms with Crippen LogP contribution in [0.25, 0.3) is 0 Å². The number of likely N-dealkylation sites (tertiary alicyclic amines) is 1. The summed E-state index contributed by atoms with van der Waals surface area (Å²) in [5, 5.41) is 9.43. The summed E-state index contributed by atoms with van der Waals surface area (Å²) in [6.45, 7) is 2.30. The number of amides is 1. The molecule has 1 atom stereocenters. The van der Waals surface area contributed by atoms with E-state index in [1.54, 1.807) is 11.6 Å². The van der Waals surface area contributed by atoms with E-state index in [-0.39, 0.29) is 5.91 Å². The van der Waals surface area contributed by atoms with Crippen molar-refractivity contribution < 1.29 is 14.7 Å². The Labute approximate surface area is 105 Å². The summed E-state index contributed by atoms with van der Waals surface area (Å²) in [5.41, 5.74) is -0.627. The SMILES string of the molecule is CCC1(C(=O)O)CCCN1C(=O)c1cncn1C. The molecular weight excluding hydrogens is 234 g/mol. The van der Waals surface area contributed by atoms with Gasteiger partial charge >= 0.3 is 5.97 Å². The number of aromatic nitrogens is 2.